The third-order valence-corrected chi connectivity index (χ3v) is 4.93. The van der Waals surface area contributed by atoms with Crippen molar-refractivity contribution >= 4 is 28.8 Å². The maximum atomic E-state index is 12.8. The number of alkyl halides is 2. The fourth-order valence-electron chi connectivity index (χ4n) is 3.23. The molecule has 6 nitrogen and oxygen atoms in total. The number of carbonyl (C=O) groups excluding carboxylic acids is 1. The molecule has 1 N–H and O–H groups in total. The minimum Gasteiger partial charge on any atom is -0.381 e. The highest BCUT2D eigenvalue weighted by Crippen LogP contribution is 2.29. The van der Waals surface area contributed by atoms with Gasteiger partial charge >= 0.3 is 0 Å². The topological polar surface area (TPSA) is 68.5 Å². The highest BCUT2D eigenvalue weighted by molar-refractivity contribution is 6.33. The van der Waals surface area contributed by atoms with Gasteiger partial charge in [0.2, 0.25) is 0 Å². The Balaban J connectivity index is 1.58. The lowest BCUT2D eigenvalue weighted by Gasteiger charge is -2.19. The van der Waals surface area contributed by atoms with Crippen molar-refractivity contribution in [3.63, 3.8) is 0 Å². The van der Waals surface area contributed by atoms with Crippen molar-refractivity contribution < 1.29 is 18.3 Å². The zero-order valence-electron chi connectivity index (χ0n) is 14.7. The second-order valence-corrected chi connectivity index (χ2v) is 6.97. The number of ether oxygens (including phenoxy) is 1. The van der Waals surface area contributed by atoms with Crippen LogP contribution in [0.5, 0.6) is 0 Å². The monoisotopic (exact) mass is 406 g/mol. The zero-order chi connectivity index (χ0) is 19.7. The van der Waals surface area contributed by atoms with Gasteiger partial charge in [-0.1, -0.05) is 17.7 Å². The average molecular weight is 407 g/mol. The van der Waals surface area contributed by atoms with Gasteiger partial charge in [-0.25, -0.2) is 18.7 Å². The van der Waals surface area contributed by atoms with Gasteiger partial charge in [-0.2, -0.15) is 0 Å². The lowest BCUT2D eigenvalue weighted by molar-refractivity contribution is 0.0846. The normalized spacial score (nSPS) is 15.3. The Bertz CT molecular complexity index is 1020. The molecule has 4 heterocycles. The molecule has 0 spiro atoms. The minimum absolute atomic E-state index is 0.0949. The van der Waals surface area contributed by atoms with Gasteiger partial charge in [0.15, 0.2) is 5.65 Å². The molecule has 0 radical (unpaired) electrons. The number of anilines is 1. The summed E-state index contributed by atoms with van der Waals surface area (Å²) in [5.41, 5.74) is 1.40. The highest BCUT2D eigenvalue weighted by Gasteiger charge is 2.20. The van der Waals surface area contributed by atoms with Crippen LogP contribution in [-0.4, -0.2) is 33.5 Å². The molecule has 4 rings (SSSR count). The molecule has 0 unspecified atom stereocenters. The Morgan fingerprint density at radius 1 is 1.25 bits per heavy atom. The number of amides is 1. The molecule has 1 amide bonds. The molecule has 3 aromatic rings. The first-order valence-corrected chi connectivity index (χ1v) is 9.21. The van der Waals surface area contributed by atoms with Crippen LogP contribution < -0.4 is 5.32 Å². The quantitative estimate of drug-likeness (QED) is 0.694. The largest absolute Gasteiger partial charge is 0.381 e. The van der Waals surface area contributed by atoms with Crippen LogP contribution in [-0.2, 0) is 4.74 Å². The van der Waals surface area contributed by atoms with E-state index in [1.54, 1.807) is 16.7 Å². The number of nitrogens with one attached hydrogen (secondary N) is 1. The summed E-state index contributed by atoms with van der Waals surface area (Å²) in [4.78, 5) is 20.7. The molecule has 9 heteroatoms. The Kier molecular flexibility index (Phi) is 5.23. The SMILES string of the molecule is O=C(Nc1cc(Cl)c2nc(C3CCOCC3)cn2c1)c1cccc(C(F)F)n1. The first kappa shape index (κ1) is 18.8. The number of aromatic nitrogens is 3. The molecule has 28 heavy (non-hydrogen) atoms. The van der Waals surface area contributed by atoms with Crippen molar-refractivity contribution in [2.24, 2.45) is 0 Å². The van der Waals surface area contributed by atoms with Crippen molar-refractivity contribution in [3.8, 4) is 0 Å². The molecule has 1 fully saturated rings. The van der Waals surface area contributed by atoms with E-state index in [9.17, 15) is 13.6 Å². The van der Waals surface area contributed by atoms with Crippen LogP contribution in [0.1, 0.15) is 47.1 Å². The second kappa shape index (κ2) is 7.81. The van der Waals surface area contributed by atoms with E-state index in [0.29, 0.717) is 35.5 Å². The summed E-state index contributed by atoms with van der Waals surface area (Å²) < 4.78 is 32.7. The predicted molar refractivity (Wildman–Crippen MR) is 100 cm³/mol. The Labute approximate surface area is 164 Å². The lowest BCUT2D eigenvalue weighted by atomic mass is 9.97. The van der Waals surface area contributed by atoms with E-state index in [4.69, 9.17) is 16.3 Å². The number of rotatable bonds is 4. The van der Waals surface area contributed by atoms with E-state index in [2.05, 4.69) is 15.3 Å². The number of pyridine rings is 2. The van der Waals surface area contributed by atoms with E-state index >= 15 is 0 Å². The number of hydrogen-bond donors (Lipinski definition) is 1. The van der Waals surface area contributed by atoms with Gasteiger partial charge in [0.05, 0.1) is 16.4 Å². The molecule has 0 atom stereocenters. The molecule has 146 valence electrons. The summed E-state index contributed by atoms with van der Waals surface area (Å²) in [7, 11) is 0. The lowest BCUT2D eigenvalue weighted by Crippen LogP contribution is -2.15. The number of fused-ring (bicyclic) bond motifs is 1. The molecule has 1 aliphatic rings. The fraction of sp³-hybridized carbons (Fsp3) is 0.316. The molecule has 0 aliphatic carbocycles. The van der Waals surface area contributed by atoms with Gasteiger partial charge in [0.25, 0.3) is 12.3 Å². The van der Waals surface area contributed by atoms with Crippen molar-refractivity contribution in [2.75, 3.05) is 18.5 Å². The highest BCUT2D eigenvalue weighted by atomic mass is 35.5. The molecule has 3 aromatic heterocycles. The van der Waals surface area contributed by atoms with Crippen LogP contribution in [0.4, 0.5) is 14.5 Å². The molecular weight excluding hydrogens is 390 g/mol. The average Bonchev–Trinajstić information content (AvgIpc) is 3.13. The summed E-state index contributed by atoms with van der Waals surface area (Å²) in [6.45, 7) is 1.41. The number of carbonyl (C=O) groups is 1. The van der Waals surface area contributed by atoms with Gasteiger partial charge in [-0.15, -0.1) is 0 Å². The molecule has 0 saturated carbocycles. The van der Waals surface area contributed by atoms with Crippen molar-refractivity contribution in [1.82, 2.24) is 14.4 Å². The number of imidazole rings is 1. The molecule has 0 aromatic carbocycles. The Morgan fingerprint density at radius 2 is 2.04 bits per heavy atom. The maximum Gasteiger partial charge on any atom is 0.280 e. The smallest absolute Gasteiger partial charge is 0.280 e. The molecule has 0 bridgehead atoms. The zero-order valence-corrected chi connectivity index (χ0v) is 15.5. The summed E-state index contributed by atoms with van der Waals surface area (Å²) in [6.07, 6.45) is 2.64. The third kappa shape index (κ3) is 3.83. The molecular formula is C19H17ClF2N4O2. The van der Waals surface area contributed by atoms with Crippen LogP contribution in [0.3, 0.4) is 0 Å². The fourth-order valence-corrected chi connectivity index (χ4v) is 3.49. The van der Waals surface area contributed by atoms with Crippen molar-refractivity contribution in [3.05, 3.63) is 58.8 Å². The van der Waals surface area contributed by atoms with E-state index in [1.165, 1.54) is 18.2 Å². The van der Waals surface area contributed by atoms with Crippen LogP contribution in [0.25, 0.3) is 5.65 Å². The number of hydrogen-bond acceptors (Lipinski definition) is 4. The van der Waals surface area contributed by atoms with Crippen molar-refractivity contribution in [2.45, 2.75) is 25.2 Å². The number of halogens is 3. The van der Waals surface area contributed by atoms with E-state index in [0.717, 1.165) is 18.5 Å². The first-order chi connectivity index (χ1) is 13.5. The van der Waals surface area contributed by atoms with Crippen molar-refractivity contribution in [1.29, 1.82) is 0 Å². The summed E-state index contributed by atoms with van der Waals surface area (Å²) in [5.74, 6) is -0.285. The molecule has 1 saturated heterocycles. The van der Waals surface area contributed by atoms with Crippen LogP contribution >= 0.6 is 11.6 Å². The summed E-state index contributed by atoms with van der Waals surface area (Å²) in [5, 5.41) is 3.03. The predicted octanol–water partition coefficient (Wildman–Crippen LogP) is 4.47. The van der Waals surface area contributed by atoms with Gasteiger partial charge in [0.1, 0.15) is 11.4 Å². The third-order valence-electron chi connectivity index (χ3n) is 4.65. The van der Waals surface area contributed by atoms with Gasteiger partial charge in [-0.3, -0.25) is 4.79 Å². The minimum atomic E-state index is -2.74. The standard InChI is InChI=1S/C19H17ClF2N4O2/c20-13-8-12(23-19(27)15-3-1-2-14(24-15)17(21)22)9-26-10-16(25-18(13)26)11-4-6-28-7-5-11/h1-3,8-11,17H,4-7H2,(H,23,27). The van der Waals surface area contributed by atoms with E-state index < -0.39 is 18.0 Å². The summed E-state index contributed by atoms with van der Waals surface area (Å²) >= 11 is 6.34. The van der Waals surface area contributed by atoms with E-state index in [1.807, 2.05) is 6.20 Å². The van der Waals surface area contributed by atoms with E-state index in [-0.39, 0.29) is 5.69 Å². The van der Waals surface area contributed by atoms with Gasteiger partial charge < -0.3 is 14.5 Å². The molecule has 1 aliphatic heterocycles. The Morgan fingerprint density at radius 3 is 2.79 bits per heavy atom. The van der Waals surface area contributed by atoms with Gasteiger partial charge in [-0.05, 0) is 31.0 Å². The Hall–Kier alpha value is -2.58. The first-order valence-electron chi connectivity index (χ1n) is 8.83. The van der Waals surface area contributed by atoms with Crippen LogP contribution in [0, 0.1) is 0 Å². The number of nitrogens with zero attached hydrogens (tertiary/aromatic N) is 3. The summed E-state index contributed by atoms with van der Waals surface area (Å²) in [6, 6.07) is 5.50. The van der Waals surface area contributed by atoms with Crippen LogP contribution in [0.2, 0.25) is 5.02 Å². The van der Waals surface area contributed by atoms with Crippen LogP contribution in [0.15, 0.2) is 36.7 Å². The second-order valence-electron chi connectivity index (χ2n) is 6.56. The maximum absolute atomic E-state index is 12.8. The van der Waals surface area contributed by atoms with Gasteiger partial charge in [0, 0.05) is 31.5 Å².